The van der Waals surface area contributed by atoms with Crippen LogP contribution in [-0.2, 0) is 12.0 Å². The van der Waals surface area contributed by atoms with Crippen LogP contribution < -0.4 is 10.1 Å². The van der Waals surface area contributed by atoms with E-state index in [-0.39, 0.29) is 5.41 Å². The van der Waals surface area contributed by atoms with Crippen molar-refractivity contribution in [2.75, 3.05) is 12.4 Å². The summed E-state index contributed by atoms with van der Waals surface area (Å²) >= 11 is 1.34. The number of aromatic nitrogens is 2. The summed E-state index contributed by atoms with van der Waals surface area (Å²) < 4.78 is 9.67. The molecule has 0 fully saturated rings. The Morgan fingerprint density at radius 2 is 1.95 bits per heavy atom. The molecule has 0 atom stereocenters. The van der Waals surface area contributed by atoms with E-state index in [0.717, 1.165) is 22.9 Å². The molecule has 5 heteroatoms. The van der Waals surface area contributed by atoms with Gasteiger partial charge in [-0.05, 0) is 29.5 Å². The standard InChI is InChI=1S/C15H21N3OS/c1-5-15(2,3)11-6-8-12(9-7-11)19-10-13-14(16-4)20-18-17-13/h6-9,16H,5,10H2,1-4H3. The summed E-state index contributed by atoms with van der Waals surface area (Å²) in [6.45, 7) is 7.15. The Morgan fingerprint density at radius 1 is 1.25 bits per heavy atom. The van der Waals surface area contributed by atoms with Crippen molar-refractivity contribution in [2.45, 2.75) is 39.2 Å². The lowest BCUT2D eigenvalue weighted by Crippen LogP contribution is -2.15. The van der Waals surface area contributed by atoms with Crippen LogP contribution >= 0.6 is 11.5 Å². The zero-order valence-electron chi connectivity index (χ0n) is 12.4. The van der Waals surface area contributed by atoms with Gasteiger partial charge >= 0.3 is 0 Å². The van der Waals surface area contributed by atoms with E-state index in [2.05, 4.69) is 47.8 Å². The van der Waals surface area contributed by atoms with Crippen LogP contribution in [-0.4, -0.2) is 16.6 Å². The highest BCUT2D eigenvalue weighted by Gasteiger charge is 2.17. The molecule has 0 amide bonds. The SMILES string of the molecule is CCC(C)(C)c1ccc(OCc2nnsc2NC)cc1. The van der Waals surface area contributed by atoms with E-state index in [1.165, 1.54) is 17.1 Å². The molecular formula is C15H21N3OS. The first-order valence-electron chi connectivity index (χ1n) is 6.79. The van der Waals surface area contributed by atoms with Crippen molar-refractivity contribution in [3.63, 3.8) is 0 Å². The predicted octanol–water partition coefficient (Wildman–Crippen LogP) is 3.85. The first-order valence-corrected chi connectivity index (χ1v) is 7.56. The second-order valence-corrected chi connectivity index (χ2v) is 6.10. The molecule has 108 valence electrons. The van der Waals surface area contributed by atoms with Gasteiger partial charge in [0.05, 0.1) is 0 Å². The second-order valence-electron chi connectivity index (χ2n) is 5.35. The van der Waals surface area contributed by atoms with Gasteiger partial charge in [-0.2, -0.15) is 0 Å². The van der Waals surface area contributed by atoms with Gasteiger partial charge in [-0.15, -0.1) is 5.10 Å². The molecule has 0 radical (unpaired) electrons. The number of hydrogen-bond donors (Lipinski definition) is 1. The summed E-state index contributed by atoms with van der Waals surface area (Å²) in [6.07, 6.45) is 1.11. The molecule has 4 nitrogen and oxygen atoms in total. The zero-order valence-corrected chi connectivity index (χ0v) is 13.3. The molecule has 0 aliphatic rings. The minimum atomic E-state index is 0.205. The van der Waals surface area contributed by atoms with Crippen LogP contribution in [0.1, 0.15) is 38.4 Å². The highest BCUT2D eigenvalue weighted by Crippen LogP contribution is 2.28. The van der Waals surface area contributed by atoms with Gasteiger partial charge in [0.25, 0.3) is 0 Å². The van der Waals surface area contributed by atoms with Crippen molar-refractivity contribution in [1.82, 2.24) is 9.59 Å². The molecule has 0 saturated carbocycles. The van der Waals surface area contributed by atoms with Gasteiger partial charge in [-0.25, -0.2) is 0 Å². The maximum atomic E-state index is 5.76. The average Bonchev–Trinajstić information content (AvgIpc) is 2.93. The first-order chi connectivity index (χ1) is 9.56. The van der Waals surface area contributed by atoms with Gasteiger partial charge < -0.3 is 10.1 Å². The van der Waals surface area contributed by atoms with Crippen LogP contribution in [0.2, 0.25) is 0 Å². The molecule has 0 spiro atoms. The van der Waals surface area contributed by atoms with Gasteiger partial charge in [-0.1, -0.05) is 37.4 Å². The number of rotatable bonds is 6. The van der Waals surface area contributed by atoms with Gasteiger partial charge in [0.1, 0.15) is 23.1 Å². The third-order valence-electron chi connectivity index (χ3n) is 3.68. The molecule has 0 aliphatic carbocycles. The highest BCUT2D eigenvalue weighted by atomic mass is 32.1. The van der Waals surface area contributed by atoms with E-state index in [1.807, 2.05) is 19.2 Å². The number of anilines is 1. The van der Waals surface area contributed by atoms with Crippen molar-refractivity contribution in [3.8, 4) is 5.75 Å². The Morgan fingerprint density at radius 3 is 2.55 bits per heavy atom. The van der Waals surface area contributed by atoms with Crippen molar-refractivity contribution >= 4 is 16.5 Å². The summed E-state index contributed by atoms with van der Waals surface area (Å²) in [4.78, 5) is 0. The molecule has 0 saturated heterocycles. The van der Waals surface area contributed by atoms with Crippen molar-refractivity contribution in [3.05, 3.63) is 35.5 Å². The number of benzene rings is 1. The third kappa shape index (κ3) is 3.28. The molecule has 2 aromatic rings. The van der Waals surface area contributed by atoms with Crippen LogP contribution in [0.25, 0.3) is 0 Å². The van der Waals surface area contributed by atoms with Gasteiger partial charge in [0.2, 0.25) is 0 Å². The van der Waals surface area contributed by atoms with Crippen LogP contribution in [0.3, 0.4) is 0 Å². The average molecular weight is 291 g/mol. The minimum absolute atomic E-state index is 0.205. The predicted molar refractivity (Wildman–Crippen MR) is 83.5 cm³/mol. The second kappa shape index (κ2) is 6.22. The van der Waals surface area contributed by atoms with E-state index in [1.54, 1.807) is 0 Å². The molecule has 0 unspecified atom stereocenters. The molecular weight excluding hydrogens is 270 g/mol. The van der Waals surface area contributed by atoms with Gasteiger partial charge in [-0.3, -0.25) is 0 Å². The monoisotopic (exact) mass is 291 g/mol. The molecule has 20 heavy (non-hydrogen) atoms. The Bertz CT molecular complexity index is 549. The number of ether oxygens (including phenoxy) is 1. The van der Waals surface area contributed by atoms with Gasteiger partial charge in [0.15, 0.2) is 0 Å². The summed E-state index contributed by atoms with van der Waals surface area (Å²) in [5, 5.41) is 8.07. The smallest absolute Gasteiger partial charge is 0.136 e. The topological polar surface area (TPSA) is 47.0 Å². The van der Waals surface area contributed by atoms with Crippen LogP contribution in [0.4, 0.5) is 5.00 Å². The fourth-order valence-corrected chi connectivity index (χ4v) is 2.37. The molecule has 2 rings (SSSR count). The Balaban J connectivity index is 2.01. The van der Waals surface area contributed by atoms with E-state index in [4.69, 9.17) is 4.74 Å². The van der Waals surface area contributed by atoms with Crippen LogP contribution in [0.5, 0.6) is 5.75 Å². The maximum Gasteiger partial charge on any atom is 0.136 e. The summed E-state index contributed by atoms with van der Waals surface area (Å²) in [5.41, 5.74) is 2.38. The Hall–Kier alpha value is -1.62. The number of nitrogens with one attached hydrogen (secondary N) is 1. The van der Waals surface area contributed by atoms with E-state index in [9.17, 15) is 0 Å². The van der Waals surface area contributed by atoms with Crippen LogP contribution in [0, 0.1) is 0 Å². The van der Waals surface area contributed by atoms with Crippen molar-refractivity contribution in [1.29, 1.82) is 0 Å². The maximum absolute atomic E-state index is 5.76. The van der Waals surface area contributed by atoms with E-state index < -0.39 is 0 Å². The fraction of sp³-hybridized carbons (Fsp3) is 0.467. The van der Waals surface area contributed by atoms with E-state index in [0.29, 0.717) is 6.61 Å². The Kier molecular flexibility index (Phi) is 4.60. The van der Waals surface area contributed by atoms with Crippen molar-refractivity contribution in [2.24, 2.45) is 0 Å². The zero-order chi connectivity index (χ0) is 14.6. The molecule has 0 aliphatic heterocycles. The Labute approximate surface area is 124 Å². The highest BCUT2D eigenvalue weighted by molar-refractivity contribution is 7.10. The molecule has 1 N–H and O–H groups in total. The minimum Gasteiger partial charge on any atom is -0.487 e. The molecule has 0 bridgehead atoms. The fourth-order valence-electron chi connectivity index (χ4n) is 1.85. The lowest BCUT2D eigenvalue weighted by atomic mass is 9.82. The normalized spacial score (nSPS) is 11.4. The van der Waals surface area contributed by atoms with Crippen LogP contribution in [0.15, 0.2) is 24.3 Å². The first kappa shape index (κ1) is 14.8. The third-order valence-corrected chi connectivity index (χ3v) is 4.46. The summed E-state index contributed by atoms with van der Waals surface area (Å²) in [7, 11) is 1.86. The number of nitrogens with zero attached hydrogens (tertiary/aromatic N) is 2. The molecule has 1 heterocycles. The largest absolute Gasteiger partial charge is 0.487 e. The summed E-state index contributed by atoms with van der Waals surface area (Å²) in [6, 6.07) is 8.31. The van der Waals surface area contributed by atoms with E-state index >= 15 is 0 Å². The number of hydrogen-bond acceptors (Lipinski definition) is 5. The molecule has 1 aromatic carbocycles. The summed E-state index contributed by atoms with van der Waals surface area (Å²) in [5.74, 6) is 0.857. The van der Waals surface area contributed by atoms with Crippen molar-refractivity contribution < 1.29 is 4.74 Å². The lowest BCUT2D eigenvalue weighted by molar-refractivity contribution is 0.301. The lowest BCUT2D eigenvalue weighted by Gasteiger charge is -2.23. The molecule has 1 aromatic heterocycles. The van der Waals surface area contributed by atoms with Gasteiger partial charge in [0, 0.05) is 18.6 Å². The quantitative estimate of drug-likeness (QED) is 0.878.